The third-order valence-corrected chi connectivity index (χ3v) is 6.55. The molecule has 8 heteroatoms. The van der Waals surface area contributed by atoms with Gasteiger partial charge in [-0.25, -0.2) is 4.98 Å². The van der Waals surface area contributed by atoms with E-state index in [1.54, 1.807) is 18.3 Å². The molecule has 1 saturated heterocycles. The summed E-state index contributed by atoms with van der Waals surface area (Å²) in [5.41, 5.74) is 3.11. The standard InChI is InChI=1S/C23H23N5O2S.C2H6/c1-15-14-24-28-21(13-18(26-22(15)28)17-5-2-3-6-19(17)29)25-16-8-10-27(11-9-16)23(30)20-7-4-12-31-20;1-2/h2-7,12-14,16,25,29H,8-11H2,1H3;1-2H3. The van der Waals surface area contributed by atoms with E-state index in [0.717, 1.165) is 34.7 Å². The number of piperidine rings is 1. The average Bonchev–Trinajstić information content (AvgIpc) is 3.51. The third-order valence-electron chi connectivity index (χ3n) is 5.69. The van der Waals surface area contributed by atoms with E-state index in [-0.39, 0.29) is 17.7 Å². The van der Waals surface area contributed by atoms with E-state index in [0.29, 0.717) is 24.3 Å². The van der Waals surface area contributed by atoms with Crippen LogP contribution in [-0.4, -0.2) is 49.6 Å². The summed E-state index contributed by atoms with van der Waals surface area (Å²) in [6.07, 6.45) is 3.50. The van der Waals surface area contributed by atoms with E-state index in [2.05, 4.69) is 10.4 Å². The number of nitrogens with zero attached hydrogens (tertiary/aromatic N) is 4. The molecule has 0 radical (unpaired) electrons. The number of likely N-dealkylation sites (tertiary alicyclic amines) is 1. The number of aromatic hydroxyl groups is 1. The quantitative estimate of drug-likeness (QED) is 0.434. The Bertz CT molecular complexity index is 1230. The first-order valence-electron chi connectivity index (χ1n) is 11.3. The van der Waals surface area contributed by atoms with Crippen molar-refractivity contribution in [3.8, 4) is 17.0 Å². The first-order valence-corrected chi connectivity index (χ1v) is 12.2. The van der Waals surface area contributed by atoms with Gasteiger partial charge in [0, 0.05) is 36.3 Å². The summed E-state index contributed by atoms with van der Waals surface area (Å²) >= 11 is 1.49. The van der Waals surface area contributed by atoms with E-state index < -0.39 is 0 Å². The summed E-state index contributed by atoms with van der Waals surface area (Å²) in [6.45, 7) is 7.41. The Morgan fingerprint density at radius 2 is 1.91 bits per heavy atom. The fourth-order valence-electron chi connectivity index (χ4n) is 4.00. The van der Waals surface area contributed by atoms with Crippen molar-refractivity contribution < 1.29 is 9.90 Å². The predicted octanol–water partition coefficient (Wildman–Crippen LogP) is 5.21. The molecule has 2 N–H and O–H groups in total. The number of hydrogen-bond donors (Lipinski definition) is 2. The van der Waals surface area contributed by atoms with Crippen molar-refractivity contribution in [2.24, 2.45) is 0 Å². The number of hydrogen-bond acceptors (Lipinski definition) is 6. The first kappa shape index (κ1) is 22.8. The maximum Gasteiger partial charge on any atom is 0.263 e. The number of carbonyl (C=O) groups excluding carboxylic acids is 1. The molecule has 0 spiro atoms. The zero-order valence-corrected chi connectivity index (χ0v) is 20.0. The lowest BCUT2D eigenvalue weighted by molar-refractivity contribution is 0.0723. The molecule has 3 aromatic heterocycles. The van der Waals surface area contributed by atoms with Crippen molar-refractivity contribution in [3.63, 3.8) is 0 Å². The summed E-state index contributed by atoms with van der Waals surface area (Å²) < 4.78 is 1.81. The average molecular weight is 464 g/mol. The number of phenolic OH excluding ortho intramolecular Hbond substituents is 1. The second-order valence-corrected chi connectivity index (χ2v) is 8.74. The molecule has 0 atom stereocenters. The highest BCUT2D eigenvalue weighted by Crippen LogP contribution is 2.30. The molecular weight excluding hydrogens is 434 g/mol. The Kier molecular flexibility index (Phi) is 6.93. The zero-order valence-electron chi connectivity index (χ0n) is 19.2. The number of aromatic nitrogens is 3. The maximum atomic E-state index is 12.6. The number of aryl methyl sites for hydroxylation is 1. The van der Waals surface area contributed by atoms with Crippen molar-refractivity contribution in [2.45, 2.75) is 39.7 Å². The molecule has 0 unspecified atom stereocenters. The van der Waals surface area contributed by atoms with Crippen LogP contribution in [0.15, 0.2) is 54.0 Å². The summed E-state index contributed by atoms with van der Waals surface area (Å²) in [4.78, 5) is 20.1. The van der Waals surface area contributed by atoms with Gasteiger partial charge in [-0.15, -0.1) is 11.3 Å². The van der Waals surface area contributed by atoms with Crippen LogP contribution in [0.1, 0.15) is 41.9 Å². The molecule has 4 aromatic rings. The molecule has 4 heterocycles. The van der Waals surface area contributed by atoms with Gasteiger partial charge in [0.15, 0.2) is 5.65 Å². The van der Waals surface area contributed by atoms with Gasteiger partial charge in [-0.3, -0.25) is 4.79 Å². The van der Waals surface area contributed by atoms with Gasteiger partial charge in [0.2, 0.25) is 0 Å². The molecular formula is C25H29N5O2S. The lowest BCUT2D eigenvalue weighted by Gasteiger charge is -2.32. The molecule has 172 valence electrons. The molecule has 1 fully saturated rings. The van der Waals surface area contributed by atoms with Gasteiger partial charge in [0.1, 0.15) is 11.6 Å². The van der Waals surface area contributed by atoms with Crippen molar-refractivity contribution in [1.29, 1.82) is 0 Å². The minimum atomic E-state index is 0.115. The minimum Gasteiger partial charge on any atom is -0.507 e. The van der Waals surface area contributed by atoms with Crippen LogP contribution in [0, 0.1) is 6.92 Å². The topological polar surface area (TPSA) is 82.8 Å². The van der Waals surface area contributed by atoms with E-state index in [4.69, 9.17) is 4.98 Å². The summed E-state index contributed by atoms with van der Waals surface area (Å²) in [7, 11) is 0. The van der Waals surface area contributed by atoms with Gasteiger partial charge in [-0.05, 0) is 43.3 Å². The molecule has 1 aliphatic rings. The largest absolute Gasteiger partial charge is 0.507 e. The van der Waals surface area contributed by atoms with Gasteiger partial charge in [-0.1, -0.05) is 32.0 Å². The Hall–Kier alpha value is -3.39. The summed E-state index contributed by atoms with van der Waals surface area (Å²) in [6, 6.07) is 13.2. The van der Waals surface area contributed by atoms with Crippen molar-refractivity contribution in [3.05, 3.63) is 64.5 Å². The Morgan fingerprint density at radius 1 is 1.15 bits per heavy atom. The van der Waals surface area contributed by atoms with Crippen LogP contribution in [0.4, 0.5) is 5.82 Å². The Balaban J connectivity index is 0.00000126. The number of benzene rings is 1. The smallest absolute Gasteiger partial charge is 0.263 e. The number of anilines is 1. The lowest BCUT2D eigenvalue weighted by Crippen LogP contribution is -2.42. The second kappa shape index (κ2) is 10.0. The van der Waals surface area contributed by atoms with Crippen molar-refractivity contribution >= 4 is 28.7 Å². The lowest BCUT2D eigenvalue weighted by atomic mass is 10.0. The molecule has 7 nitrogen and oxygen atoms in total. The van der Waals surface area contributed by atoms with Gasteiger partial charge in [0.25, 0.3) is 5.91 Å². The molecule has 1 amide bonds. The maximum absolute atomic E-state index is 12.6. The number of para-hydroxylation sites is 1. The Morgan fingerprint density at radius 3 is 2.61 bits per heavy atom. The van der Waals surface area contributed by atoms with Gasteiger partial charge < -0.3 is 15.3 Å². The molecule has 33 heavy (non-hydrogen) atoms. The van der Waals surface area contributed by atoms with Crippen molar-refractivity contribution in [2.75, 3.05) is 18.4 Å². The predicted molar refractivity (Wildman–Crippen MR) is 133 cm³/mol. The highest BCUT2D eigenvalue weighted by molar-refractivity contribution is 7.12. The first-order chi connectivity index (χ1) is 16.1. The van der Waals surface area contributed by atoms with E-state index in [1.807, 2.05) is 65.9 Å². The van der Waals surface area contributed by atoms with Gasteiger partial charge in [0.05, 0.1) is 16.8 Å². The van der Waals surface area contributed by atoms with Crippen LogP contribution < -0.4 is 5.32 Å². The molecule has 0 saturated carbocycles. The highest BCUT2D eigenvalue weighted by Gasteiger charge is 2.25. The number of rotatable bonds is 4. The van der Waals surface area contributed by atoms with Gasteiger partial charge in [-0.2, -0.15) is 9.61 Å². The van der Waals surface area contributed by atoms with Crippen LogP contribution in [-0.2, 0) is 0 Å². The van der Waals surface area contributed by atoms with Crippen molar-refractivity contribution in [1.82, 2.24) is 19.5 Å². The molecule has 1 aromatic carbocycles. The van der Waals surface area contributed by atoms with E-state index in [9.17, 15) is 9.90 Å². The normalized spacial score (nSPS) is 14.1. The van der Waals surface area contributed by atoms with E-state index >= 15 is 0 Å². The molecule has 0 aliphatic carbocycles. The second-order valence-electron chi connectivity index (χ2n) is 7.79. The fourth-order valence-corrected chi connectivity index (χ4v) is 4.69. The number of nitrogens with one attached hydrogen (secondary N) is 1. The number of thiophene rings is 1. The van der Waals surface area contributed by atoms with Crippen LogP contribution in [0.3, 0.4) is 0 Å². The minimum absolute atomic E-state index is 0.115. The molecule has 1 aliphatic heterocycles. The monoisotopic (exact) mass is 463 g/mol. The molecule has 5 rings (SSSR count). The van der Waals surface area contributed by atoms with Gasteiger partial charge >= 0.3 is 0 Å². The Labute approximate surface area is 197 Å². The van der Waals surface area contributed by atoms with Crippen LogP contribution in [0.2, 0.25) is 0 Å². The van der Waals surface area contributed by atoms with Crippen LogP contribution in [0.25, 0.3) is 16.9 Å². The van der Waals surface area contributed by atoms with Crippen LogP contribution in [0.5, 0.6) is 5.75 Å². The summed E-state index contributed by atoms with van der Waals surface area (Å²) in [5, 5.41) is 20.3. The summed E-state index contributed by atoms with van der Waals surface area (Å²) in [5.74, 6) is 1.14. The fraction of sp³-hybridized carbons (Fsp3) is 0.320. The number of phenols is 1. The highest BCUT2D eigenvalue weighted by atomic mass is 32.1. The number of fused-ring (bicyclic) bond motifs is 1. The molecule has 0 bridgehead atoms. The SMILES string of the molecule is CC.Cc1cnn2c(NC3CCN(C(=O)c4cccs4)CC3)cc(-c3ccccc3O)nc12. The zero-order chi connectivity index (χ0) is 23.4. The number of carbonyl (C=O) groups is 1. The number of amides is 1. The van der Waals surface area contributed by atoms with Crippen LogP contribution >= 0.6 is 11.3 Å². The van der Waals surface area contributed by atoms with E-state index in [1.165, 1.54) is 11.3 Å². The third kappa shape index (κ3) is 4.71.